The van der Waals surface area contributed by atoms with E-state index in [9.17, 15) is 0 Å². The van der Waals surface area contributed by atoms with Gasteiger partial charge in [0.15, 0.2) is 5.82 Å². The van der Waals surface area contributed by atoms with Crippen LogP contribution in [0.1, 0.15) is 31.4 Å². The van der Waals surface area contributed by atoms with Crippen molar-refractivity contribution in [3.8, 4) is 0 Å². The summed E-state index contributed by atoms with van der Waals surface area (Å²) in [6.07, 6.45) is 5.33. The Kier molecular flexibility index (Phi) is 4.47. The van der Waals surface area contributed by atoms with Gasteiger partial charge in [0.2, 0.25) is 0 Å². The first-order chi connectivity index (χ1) is 9.85. The molecule has 5 nitrogen and oxygen atoms in total. The van der Waals surface area contributed by atoms with Crippen molar-refractivity contribution < 1.29 is 0 Å². The van der Waals surface area contributed by atoms with Crippen LogP contribution in [0.4, 0.5) is 5.82 Å². The standard InChI is InChI=1S/C15H25N5/c16-11-14-3-4-15(18-17-14)20-9-5-13(6-10-20)12-19-7-1-2-8-19/h3-4,13H,1-2,5-12,16H2. The molecular formula is C15H25N5. The van der Waals surface area contributed by atoms with Crippen molar-refractivity contribution in [3.63, 3.8) is 0 Å². The number of aromatic nitrogens is 2. The van der Waals surface area contributed by atoms with E-state index in [4.69, 9.17) is 5.73 Å². The zero-order chi connectivity index (χ0) is 13.8. The molecule has 2 saturated heterocycles. The predicted octanol–water partition coefficient (Wildman–Crippen LogP) is 1.25. The number of hydrogen-bond donors (Lipinski definition) is 1. The minimum Gasteiger partial charge on any atom is -0.355 e. The van der Waals surface area contributed by atoms with E-state index in [0.717, 1.165) is 30.5 Å². The fraction of sp³-hybridized carbons (Fsp3) is 0.733. The summed E-state index contributed by atoms with van der Waals surface area (Å²) in [5, 5.41) is 8.44. The zero-order valence-corrected chi connectivity index (χ0v) is 12.2. The molecular weight excluding hydrogens is 250 g/mol. The molecule has 3 heterocycles. The monoisotopic (exact) mass is 275 g/mol. The van der Waals surface area contributed by atoms with Crippen LogP contribution in [0, 0.1) is 5.92 Å². The van der Waals surface area contributed by atoms with Crippen molar-refractivity contribution >= 4 is 5.82 Å². The van der Waals surface area contributed by atoms with E-state index in [1.54, 1.807) is 0 Å². The minimum atomic E-state index is 0.463. The van der Waals surface area contributed by atoms with Crippen LogP contribution in [-0.4, -0.2) is 47.8 Å². The number of piperidine rings is 1. The third kappa shape index (κ3) is 3.27. The van der Waals surface area contributed by atoms with Gasteiger partial charge in [-0.25, -0.2) is 0 Å². The van der Waals surface area contributed by atoms with Gasteiger partial charge in [0, 0.05) is 26.2 Å². The van der Waals surface area contributed by atoms with E-state index in [2.05, 4.69) is 26.1 Å². The lowest BCUT2D eigenvalue weighted by Crippen LogP contribution is -2.38. The molecule has 1 aromatic rings. The Labute approximate surface area is 121 Å². The summed E-state index contributed by atoms with van der Waals surface area (Å²) in [6.45, 7) is 6.60. The topological polar surface area (TPSA) is 58.3 Å². The molecule has 1 aromatic heterocycles. The smallest absolute Gasteiger partial charge is 0.151 e. The van der Waals surface area contributed by atoms with Gasteiger partial charge in [-0.05, 0) is 56.8 Å². The lowest BCUT2D eigenvalue weighted by molar-refractivity contribution is 0.249. The third-order valence-corrected chi connectivity index (χ3v) is 4.57. The van der Waals surface area contributed by atoms with E-state index < -0.39 is 0 Å². The molecule has 2 aliphatic heterocycles. The highest BCUT2D eigenvalue weighted by Gasteiger charge is 2.23. The molecule has 0 amide bonds. The summed E-state index contributed by atoms with van der Waals surface area (Å²) in [4.78, 5) is 4.99. The van der Waals surface area contributed by atoms with Gasteiger partial charge < -0.3 is 15.5 Å². The first-order valence-electron chi connectivity index (χ1n) is 7.85. The summed E-state index contributed by atoms with van der Waals surface area (Å²) in [6, 6.07) is 4.04. The summed E-state index contributed by atoms with van der Waals surface area (Å²) < 4.78 is 0. The number of nitrogens with two attached hydrogens (primary N) is 1. The van der Waals surface area contributed by atoms with Crippen LogP contribution in [-0.2, 0) is 6.54 Å². The second-order valence-electron chi connectivity index (χ2n) is 6.03. The van der Waals surface area contributed by atoms with Gasteiger partial charge in [0.1, 0.15) is 0 Å². The van der Waals surface area contributed by atoms with Gasteiger partial charge in [0.05, 0.1) is 5.69 Å². The number of hydrogen-bond acceptors (Lipinski definition) is 5. The largest absolute Gasteiger partial charge is 0.355 e. The molecule has 2 fully saturated rings. The number of likely N-dealkylation sites (tertiary alicyclic amines) is 1. The van der Waals surface area contributed by atoms with Crippen LogP contribution in [0.3, 0.4) is 0 Å². The summed E-state index contributed by atoms with van der Waals surface area (Å²) in [5.74, 6) is 1.86. The van der Waals surface area contributed by atoms with Gasteiger partial charge in [0.25, 0.3) is 0 Å². The maximum absolute atomic E-state index is 5.55. The van der Waals surface area contributed by atoms with E-state index in [0.29, 0.717) is 6.54 Å². The fourth-order valence-corrected chi connectivity index (χ4v) is 3.31. The highest BCUT2D eigenvalue weighted by molar-refractivity contribution is 5.37. The maximum Gasteiger partial charge on any atom is 0.151 e. The Balaban J connectivity index is 1.49. The van der Waals surface area contributed by atoms with Crippen molar-refractivity contribution in [1.82, 2.24) is 15.1 Å². The average Bonchev–Trinajstić information content (AvgIpc) is 3.01. The first-order valence-corrected chi connectivity index (χ1v) is 7.85. The van der Waals surface area contributed by atoms with Crippen LogP contribution in [0.25, 0.3) is 0 Å². The lowest BCUT2D eigenvalue weighted by Gasteiger charge is -2.34. The normalized spacial score (nSPS) is 21.6. The van der Waals surface area contributed by atoms with Gasteiger partial charge in [-0.2, -0.15) is 5.10 Å². The van der Waals surface area contributed by atoms with Crippen LogP contribution in [0.5, 0.6) is 0 Å². The van der Waals surface area contributed by atoms with E-state index in [1.165, 1.54) is 45.3 Å². The Bertz CT molecular complexity index is 405. The summed E-state index contributed by atoms with van der Waals surface area (Å²) in [5.41, 5.74) is 6.41. The van der Waals surface area contributed by atoms with Gasteiger partial charge in [-0.3, -0.25) is 0 Å². The Morgan fingerprint density at radius 1 is 1.05 bits per heavy atom. The Morgan fingerprint density at radius 2 is 1.80 bits per heavy atom. The maximum atomic E-state index is 5.55. The molecule has 2 aliphatic rings. The second-order valence-corrected chi connectivity index (χ2v) is 6.03. The van der Waals surface area contributed by atoms with Crippen molar-refractivity contribution in [2.75, 3.05) is 37.6 Å². The third-order valence-electron chi connectivity index (χ3n) is 4.57. The van der Waals surface area contributed by atoms with Crippen LogP contribution in [0.15, 0.2) is 12.1 Å². The number of anilines is 1. The molecule has 0 atom stereocenters. The lowest BCUT2D eigenvalue weighted by atomic mass is 9.96. The molecule has 0 aliphatic carbocycles. The molecule has 3 rings (SSSR count). The highest BCUT2D eigenvalue weighted by atomic mass is 15.3. The molecule has 0 saturated carbocycles. The quantitative estimate of drug-likeness (QED) is 0.896. The molecule has 0 aromatic carbocycles. The molecule has 0 unspecified atom stereocenters. The van der Waals surface area contributed by atoms with Crippen LogP contribution in [0.2, 0.25) is 0 Å². The van der Waals surface area contributed by atoms with Gasteiger partial charge >= 0.3 is 0 Å². The Hall–Kier alpha value is -1.20. The van der Waals surface area contributed by atoms with Crippen molar-refractivity contribution in [3.05, 3.63) is 17.8 Å². The fourth-order valence-electron chi connectivity index (χ4n) is 3.31. The molecule has 5 heteroatoms. The SMILES string of the molecule is NCc1ccc(N2CCC(CN3CCCC3)CC2)nn1. The molecule has 2 N–H and O–H groups in total. The predicted molar refractivity (Wildman–Crippen MR) is 80.5 cm³/mol. The number of rotatable bonds is 4. The van der Waals surface area contributed by atoms with Gasteiger partial charge in [-0.15, -0.1) is 5.10 Å². The van der Waals surface area contributed by atoms with E-state index >= 15 is 0 Å². The van der Waals surface area contributed by atoms with Crippen molar-refractivity contribution in [1.29, 1.82) is 0 Å². The van der Waals surface area contributed by atoms with E-state index in [1.807, 2.05) is 6.07 Å². The zero-order valence-electron chi connectivity index (χ0n) is 12.2. The molecule has 20 heavy (non-hydrogen) atoms. The first kappa shape index (κ1) is 13.8. The van der Waals surface area contributed by atoms with Gasteiger partial charge in [-0.1, -0.05) is 0 Å². The molecule has 0 radical (unpaired) electrons. The Morgan fingerprint density at radius 3 is 2.40 bits per heavy atom. The highest BCUT2D eigenvalue weighted by Crippen LogP contribution is 2.23. The number of nitrogens with zero attached hydrogens (tertiary/aromatic N) is 4. The van der Waals surface area contributed by atoms with Crippen LogP contribution < -0.4 is 10.6 Å². The van der Waals surface area contributed by atoms with Crippen molar-refractivity contribution in [2.24, 2.45) is 11.7 Å². The average molecular weight is 275 g/mol. The summed E-state index contributed by atoms with van der Waals surface area (Å²) >= 11 is 0. The van der Waals surface area contributed by atoms with Crippen LogP contribution >= 0.6 is 0 Å². The van der Waals surface area contributed by atoms with E-state index in [-0.39, 0.29) is 0 Å². The molecule has 110 valence electrons. The molecule has 0 spiro atoms. The molecule has 0 bridgehead atoms. The minimum absolute atomic E-state index is 0.463. The summed E-state index contributed by atoms with van der Waals surface area (Å²) in [7, 11) is 0. The van der Waals surface area contributed by atoms with Crippen molar-refractivity contribution in [2.45, 2.75) is 32.2 Å². The second kappa shape index (κ2) is 6.50.